The van der Waals surface area contributed by atoms with Crippen molar-refractivity contribution in [3.05, 3.63) is 47.8 Å². The Bertz CT molecular complexity index is 626. The standard InChI is InChI=1S/C16H17NO4/c1-11(18)14-16(15(20-3)13(19-2)9-17-14)21-10-12-7-5-4-6-8-12/h4-9H,10H2,1-3H3. The van der Waals surface area contributed by atoms with E-state index in [0.29, 0.717) is 23.9 Å². The van der Waals surface area contributed by atoms with E-state index in [1.165, 1.54) is 27.3 Å². The molecule has 21 heavy (non-hydrogen) atoms. The van der Waals surface area contributed by atoms with Gasteiger partial charge in [0, 0.05) is 6.92 Å². The molecule has 5 nitrogen and oxygen atoms in total. The third-order valence-corrected chi connectivity index (χ3v) is 2.94. The molecule has 0 aliphatic carbocycles. The minimum absolute atomic E-state index is 0.195. The van der Waals surface area contributed by atoms with E-state index < -0.39 is 0 Å². The summed E-state index contributed by atoms with van der Waals surface area (Å²) in [5, 5.41) is 0. The van der Waals surface area contributed by atoms with Crippen molar-refractivity contribution in [2.24, 2.45) is 0 Å². The molecule has 2 aromatic rings. The molecule has 0 bridgehead atoms. The lowest BCUT2D eigenvalue weighted by molar-refractivity contribution is 0.100. The number of nitrogens with zero attached hydrogens (tertiary/aromatic N) is 1. The van der Waals surface area contributed by atoms with Crippen LogP contribution in [0.15, 0.2) is 36.5 Å². The molecule has 110 valence electrons. The van der Waals surface area contributed by atoms with Gasteiger partial charge in [-0.25, -0.2) is 4.98 Å². The van der Waals surface area contributed by atoms with E-state index in [2.05, 4.69) is 4.98 Å². The van der Waals surface area contributed by atoms with Crippen LogP contribution in [0.2, 0.25) is 0 Å². The highest BCUT2D eigenvalue weighted by Crippen LogP contribution is 2.39. The smallest absolute Gasteiger partial charge is 0.207 e. The Labute approximate surface area is 123 Å². The second kappa shape index (κ2) is 6.74. The number of pyridine rings is 1. The van der Waals surface area contributed by atoms with Gasteiger partial charge in [0.15, 0.2) is 23.0 Å². The average molecular weight is 287 g/mol. The van der Waals surface area contributed by atoms with E-state index in [4.69, 9.17) is 14.2 Å². The van der Waals surface area contributed by atoms with Gasteiger partial charge in [-0.2, -0.15) is 0 Å². The number of Topliss-reactive ketones (excluding diaryl/α,β-unsaturated/α-hetero) is 1. The van der Waals surface area contributed by atoms with Crippen LogP contribution in [0.25, 0.3) is 0 Å². The summed E-state index contributed by atoms with van der Waals surface area (Å²) in [5.74, 6) is 0.895. The second-order valence-electron chi connectivity index (χ2n) is 4.37. The quantitative estimate of drug-likeness (QED) is 0.765. The van der Waals surface area contributed by atoms with Crippen molar-refractivity contribution in [1.82, 2.24) is 4.98 Å². The number of ether oxygens (including phenoxy) is 3. The van der Waals surface area contributed by atoms with Crippen molar-refractivity contribution in [3.8, 4) is 17.2 Å². The molecule has 0 saturated heterocycles. The molecule has 0 spiro atoms. The van der Waals surface area contributed by atoms with Gasteiger partial charge in [0.2, 0.25) is 5.75 Å². The Morgan fingerprint density at radius 1 is 1.10 bits per heavy atom. The minimum atomic E-state index is -0.195. The molecule has 0 amide bonds. The summed E-state index contributed by atoms with van der Waals surface area (Å²) < 4.78 is 16.2. The van der Waals surface area contributed by atoms with Crippen LogP contribution in [0.3, 0.4) is 0 Å². The fraction of sp³-hybridized carbons (Fsp3) is 0.250. The van der Waals surface area contributed by atoms with Gasteiger partial charge in [0.25, 0.3) is 0 Å². The highest BCUT2D eigenvalue weighted by atomic mass is 16.5. The van der Waals surface area contributed by atoms with Crippen molar-refractivity contribution < 1.29 is 19.0 Å². The predicted octanol–water partition coefficient (Wildman–Crippen LogP) is 2.88. The molecule has 1 heterocycles. The zero-order chi connectivity index (χ0) is 15.2. The fourth-order valence-corrected chi connectivity index (χ4v) is 1.91. The molecule has 5 heteroatoms. The van der Waals surface area contributed by atoms with Crippen molar-refractivity contribution in [2.75, 3.05) is 14.2 Å². The van der Waals surface area contributed by atoms with Crippen LogP contribution >= 0.6 is 0 Å². The largest absolute Gasteiger partial charge is 0.491 e. The molecule has 0 radical (unpaired) electrons. The number of rotatable bonds is 6. The van der Waals surface area contributed by atoms with E-state index in [1.54, 1.807) is 0 Å². The molecule has 0 aliphatic heterocycles. The molecule has 0 atom stereocenters. The van der Waals surface area contributed by atoms with Gasteiger partial charge in [-0.1, -0.05) is 30.3 Å². The monoisotopic (exact) mass is 287 g/mol. The van der Waals surface area contributed by atoms with Gasteiger partial charge < -0.3 is 14.2 Å². The zero-order valence-electron chi connectivity index (χ0n) is 12.3. The van der Waals surface area contributed by atoms with Crippen molar-refractivity contribution in [2.45, 2.75) is 13.5 Å². The first-order valence-corrected chi connectivity index (χ1v) is 6.46. The van der Waals surface area contributed by atoms with Crippen LogP contribution in [-0.4, -0.2) is 25.0 Å². The van der Waals surface area contributed by atoms with Crippen LogP contribution in [0, 0.1) is 0 Å². The summed E-state index contributed by atoms with van der Waals surface area (Å²) in [5.41, 5.74) is 1.21. The fourth-order valence-electron chi connectivity index (χ4n) is 1.91. The summed E-state index contributed by atoms with van der Waals surface area (Å²) in [7, 11) is 3.01. The lowest BCUT2D eigenvalue weighted by atomic mass is 10.2. The maximum absolute atomic E-state index is 11.7. The number of carbonyl (C=O) groups is 1. The van der Waals surface area contributed by atoms with Crippen LogP contribution in [0.4, 0.5) is 0 Å². The average Bonchev–Trinajstić information content (AvgIpc) is 2.52. The molecule has 0 unspecified atom stereocenters. The number of hydrogen-bond acceptors (Lipinski definition) is 5. The molecule has 2 rings (SSSR count). The van der Waals surface area contributed by atoms with Gasteiger partial charge in [0.05, 0.1) is 20.4 Å². The summed E-state index contributed by atoms with van der Waals surface area (Å²) in [6.07, 6.45) is 1.45. The summed E-state index contributed by atoms with van der Waals surface area (Å²) >= 11 is 0. The summed E-state index contributed by atoms with van der Waals surface area (Å²) in [4.78, 5) is 15.8. The third-order valence-electron chi connectivity index (χ3n) is 2.94. The molecule has 0 fully saturated rings. The van der Waals surface area contributed by atoms with Crippen LogP contribution in [0.1, 0.15) is 23.0 Å². The van der Waals surface area contributed by atoms with E-state index in [9.17, 15) is 4.79 Å². The number of hydrogen-bond donors (Lipinski definition) is 0. The molecule has 0 N–H and O–H groups in total. The Balaban J connectivity index is 2.36. The molecular weight excluding hydrogens is 270 g/mol. The van der Waals surface area contributed by atoms with Crippen molar-refractivity contribution in [3.63, 3.8) is 0 Å². The van der Waals surface area contributed by atoms with Gasteiger partial charge in [-0.05, 0) is 5.56 Å². The van der Waals surface area contributed by atoms with Gasteiger partial charge in [-0.15, -0.1) is 0 Å². The summed E-state index contributed by atoms with van der Waals surface area (Å²) in [6, 6.07) is 9.65. The Morgan fingerprint density at radius 3 is 2.38 bits per heavy atom. The minimum Gasteiger partial charge on any atom is -0.491 e. The second-order valence-corrected chi connectivity index (χ2v) is 4.37. The Morgan fingerprint density at radius 2 is 1.81 bits per heavy atom. The maximum Gasteiger partial charge on any atom is 0.207 e. The van der Waals surface area contributed by atoms with E-state index in [-0.39, 0.29) is 11.5 Å². The first kappa shape index (κ1) is 14.8. The van der Waals surface area contributed by atoms with Gasteiger partial charge >= 0.3 is 0 Å². The first-order chi connectivity index (χ1) is 10.2. The number of carbonyl (C=O) groups excluding carboxylic acids is 1. The van der Waals surface area contributed by atoms with Crippen LogP contribution in [-0.2, 0) is 6.61 Å². The molecule has 0 saturated carbocycles. The van der Waals surface area contributed by atoms with Crippen LogP contribution < -0.4 is 14.2 Å². The zero-order valence-corrected chi connectivity index (χ0v) is 12.3. The maximum atomic E-state index is 11.7. The topological polar surface area (TPSA) is 57.7 Å². The Hall–Kier alpha value is -2.56. The molecule has 1 aromatic heterocycles. The lowest BCUT2D eigenvalue weighted by Gasteiger charge is -2.15. The van der Waals surface area contributed by atoms with Crippen molar-refractivity contribution >= 4 is 5.78 Å². The SMILES string of the molecule is COc1cnc(C(C)=O)c(OCc2ccccc2)c1OC. The van der Waals surface area contributed by atoms with E-state index in [0.717, 1.165) is 5.56 Å². The normalized spacial score (nSPS) is 10.0. The number of ketones is 1. The van der Waals surface area contributed by atoms with Gasteiger partial charge in [-0.3, -0.25) is 4.79 Å². The number of aromatic nitrogens is 1. The third kappa shape index (κ3) is 3.31. The van der Waals surface area contributed by atoms with E-state index >= 15 is 0 Å². The molecule has 1 aromatic carbocycles. The highest BCUT2D eigenvalue weighted by molar-refractivity contribution is 5.96. The van der Waals surface area contributed by atoms with E-state index in [1.807, 2.05) is 30.3 Å². The van der Waals surface area contributed by atoms with Crippen molar-refractivity contribution in [1.29, 1.82) is 0 Å². The highest BCUT2D eigenvalue weighted by Gasteiger charge is 2.20. The summed E-state index contributed by atoms with van der Waals surface area (Å²) in [6.45, 7) is 1.75. The molecular formula is C16H17NO4. The number of methoxy groups -OCH3 is 2. The first-order valence-electron chi connectivity index (χ1n) is 6.46. The molecule has 0 aliphatic rings. The van der Waals surface area contributed by atoms with Crippen LogP contribution in [0.5, 0.6) is 17.2 Å². The van der Waals surface area contributed by atoms with Gasteiger partial charge in [0.1, 0.15) is 6.61 Å². The Kier molecular flexibility index (Phi) is 4.77. The number of benzene rings is 1. The lowest BCUT2D eigenvalue weighted by Crippen LogP contribution is -2.07. The predicted molar refractivity (Wildman–Crippen MR) is 78.1 cm³/mol.